The topological polar surface area (TPSA) is 56.2 Å². The van der Waals surface area contributed by atoms with Crippen molar-refractivity contribution in [3.05, 3.63) is 54.5 Å². The number of aromatic nitrogens is 2. The quantitative estimate of drug-likeness (QED) is 0.678. The Kier molecular flexibility index (Phi) is 5.16. The van der Waals surface area contributed by atoms with Crippen molar-refractivity contribution < 1.29 is 13.9 Å². The fourth-order valence-corrected chi connectivity index (χ4v) is 3.52. The van der Waals surface area contributed by atoms with Gasteiger partial charge in [0.15, 0.2) is 0 Å². The van der Waals surface area contributed by atoms with Crippen molar-refractivity contribution in [2.24, 2.45) is 0 Å². The van der Waals surface area contributed by atoms with E-state index in [2.05, 4.69) is 20.9 Å². The van der Waals surface area contributed by atoms with E-state index in [1.165, 1.54) is 12.1 Å². The van der Waals surface area contributed by atoms with Gasteiger partial charge in [0.2, 0.25) is 5.91 Å². The fourth-order valence-electron chi connectivity index (χ4n) is 3.52. The summed E-state index contributed by atoms with van der Waals surface area (Å²) in [7, 11) is 0. The van der Waals surface area contributed by atoms with Crippen LogP contribution in [0.15, 0.2) is 48.7 Å². The number of ether oxygens (including phenoxy) is 1. The number of hydrogen-bond donors (Lipinski definition) is 1. The van der Waals surface area contributed by atoms with Gasteiger partial charge in [-0.05, 0) is 67.3 Å². The molecule has 6 heteroatoms. The van der Waals surface area contributed by atoms with Crippen LogP contribution < -0.4 is 5.32 Å². The van der Waals surface area contributed by atoms with Crippen LogP contribution in [-0.2, 0) is 16.1 Å². The third-order valence-corrected chi connectivity index (χ3v) is 4.88. The van der Waals surface area contributed by atoms with Gasteiger partial charge < -0.3 is 14.6 Å². The largest absolute Gasteiger partial charge is 0.368 e. The summed E-state index contributed by atoms with van der Waals surface area (Å²) >= 11 is 0. The predicted molar refractivity (Wildman–Crippen MR) is 102 cm³/mol. The van der Waals surface area contributed by atoms with Gasteiger partial charge >= 0.3 is 0 Å². The van der Waals surface area contributed by atoms with Gasteiger partial charge in [0.1, 0.15) is 17.6 Å². The standard InChI is InChI=1S/C21H22FN3O2/c22-17-8-6-15(7-9-17)18-14-16-4-1-10-23-20(16)25(18)12-3-11-24-21(26)19-5-2-13-27-19/h1,4,6-10,14,19H,2-3,5,11-13H2,(H,24,26)/t19-/m0/s1. The Hall–Kier alpha value is -2.73. The van der Waals surface area contributed by atoms with Crippen LogP contribution in [0.3, 0.4) is 0 Å². The average molecular weight is 367 g/mol. The second-order valence-electron chi connectivity index (χ2n) is 6.75. The van der Waals surface area contributed by atoms with Gasteiger partial charge in [0, 0.05) is 31.3 Å². The van der Waals surface area contributed by atoms with Crippen LogP contribution in [0.1, 0.15) is 19.3 Å². The zero-order valence-corrected chi connectivity index (χ0v) is 15.0. The Morgan fingerprint density at radius 1 is 1.30 bits per heavy atom. The molecule has 1 aromatic carbocycles. The first-order valence-corrected chi connectivity index (χ1v) is 9.32. The second kappa shape index (κ2) is 7.88. The maximum absolute atomic E-state index is 13.3. The highest BCUT2D eigenvalue weighted by atomic mass is 19.1. The molecule has 0 radical (unpaired) electrons. The Morgan fingerprint density at radius 3 is 2.93 bits per heavy atom. The van der Waals surface area contributed by atoms with Crippen LogP contribution in [0.5, 0.6) is 0 Å². The highest BCUT2D eigenvalue weighted by Crippen LogP contribution is 2.27. The molecule has 5 nitrogen and oxygen atoms in total. The van der Waals surface area contributed by atoms with Crippen LogP contribution >= 0.6 is 0 Å². The van der Waals surface area contributed by atoms with E-state index in [1.54, 1.807) is 18.3 Å². The molecule has 140 valence electrons. The van der Waals surface area contributed by atoms with Crippen molar-refractivity contribution in [2.75, 3.05) is 13.2 Å². The molecule has 3 heterocycles. The Labute approximate surface area is 157 Å². The minimum atomic E-state index is -0.297. The number of aryl methyl sites for hydroxylation is 1. The number of nitrogens with one attached hydrogen (secondary N) is 1. The van der Waals surface area contributed by atoms with Gasteiger partial charge in [-0.15, -0.1) is 0 Å². The molecule has 0 unspecified atom stereocenters. The summed E-state index contributed by atoms with van der Waals surface area (Å²) in [6.45, 7) is 1.95. The summed E-state index contributed by atoms with van der Waals surface area (Å²) in [6.07, 6.45) is 3.99. The SMILES string of the molecule is O=C(NCCCn1c(-c2ccc(F)cc2)cc2cccnc21)[C@@H]1CCCO1. The highest BCUT2D eigenvalue weighted by molar-refractivity contribution is 5.84. The molecule has 0 saturated carbocycles. The van der Waals surface area contributed by atoms with Gasteiger partial charge in [0.25, 0.3) is 0 Å². The van der Waals surface area contributed by atoms with Crippen molar-refractivity contribution in [3.8, 4) is 11.3 Å². The van der Waals surface area contributed by atoms with Crippen molar-refractivity contribution >= 4 is 16.9 Å². The van der Waals surface area contributed by atoms with Crippen LogP contribution in [0, 0.1) is 5.82 Å². The number of benzene rings is 1. The predicted octanol–water partition coefficient (Wildman–Crippen LogP) is 3.53. The average Bonchev–Trinajstić information content (AvgIpc) is 3.34. The number of nitrogens with zero attached hydrogens (tertiary/aromatic N) is 2. The van der Waals surface area contributed by atoms with Crippen molar-refractivity contribution in [2.45, 2.75) is 31.9 Å². The molecule has 3 aromatic rings. The van der Waals surface area contributed by atoms with Gasteiger partial charge in [-0.2, -0.15) is 0 Å². The summed E-state index contributed by atoms with van der Waals surface area (Å²) in [5.41, 5.74) is 2.83. The van der Waals surface area contributed by atoms with Gasteiger partial charge in [-0.3, -0.25) is 4.79 Å². The lowest BCUT2D eigenvalue weighted by molar-refractivity contribution is -0.130. The van der Waals surface area contributed by atoms with Crippen LogP contribution in [-0.4, -0.2) is 34.7 Å². The Morgan fingerprint density at radius 2 is 2.15 bits per heavy atom. The summed E-state index contributed by atoms with van der Waals surface area (Å²) in [5, 5.41) is 4.00. The van der Waals surface area contributed by atoms with Gasteiger partial charge in [-0.1, -0.05) is 0 Å². The number of amides is 1. The molecule has 1 aliphatic rings. The molecular weight excluding hydrogens is 345 g/mol. The number of carbonyl (C=O) groups excluding carboxylic acids is 1. The van der Waals surface area contributed by atoms with Crippen molar-refractivity contribution in [3.63, 3.8) is 0 Å². The number of halogens is 1. The molecule has 1 amide bonds. The Bertz CT molecular complexity index is 930. The smallest absolute Gasteiger partial charge is 0.249 e. The molecule has 1 fully saturated rings. The lowest BCUT2D eigenvalue weighted by Gasteiger charge is -2.13. The van der Waals surface area contributed by atoms with Crippen LogP contribution in [0.4, 0.5) is 4.39 Å². The molecule has 1 atom stereocenters. The summed E-state index contributed by atoms with van der Waals surface area (Å²) in [6, 6.07) is 12.5. The summed E-state index contributed by atoms with van der Waals surface area (Å²) in [5.74, 6) is -0.280. The van der Waals surface area contributed by atoms with E-state index in [4.69, 9.17) is 4.74 Å². The number of carbonyl (C=O) groups is 1. The lowest BCUT2D eigenvalue weighted by Crippen LogP contribution is -2.35. The highest BCUT2D eigenvalue weighted by Gasteiger charge is 2.22. The molecule has 1 N–H and O–H groups in total. The van der Waals surface area contributed by atoms with E-state index in [-0.39, 0.29) is 17.8 Å². The third kappa shape index (κ3) is 3.85. The van der Waals surface area contributed by atoms with E-state index in [1.807, 2.05) is 12.1 Å². The minimum absolute atomic E-state index is 0.0262. The maximum atomic E-state index is 13.3. The second-order valence-corrected chi connectivity index (χ2v) is 6.75. The maximum Gasteiger partial charge on any atom is 0.249 e. The minimum Gasteiger partial charge on any atom is -0.368 e. The first kappa shape index (κ1) is 17.7. The molecular formula is C21H22FN3O2. The zero-order valence-electron chi connectivity index (χ0n) is 15.0. The molecule has 1 aliphatic heterocycles. The fraction of sp³-hybridized carbons (Fsp3) is 0.333. The van der Waals surface area contributed by atoms with E-state index >= 15 is 0 Å². The Balaban J connectivity index is 1.49. The molecule has 1 saturated heterocycles. The van der Waals surface area contributed by atoms with Crippen LogP contribution in [0.25, 0.3) is 22.3 Å². The van der Waals surface area contributed by atoms with E-state index in [9.17, 15) is 9.18 Å². The molecule has 0 aliphatic carbocycles. The normalized spacial score (nSPS) is 16.7. The van der Waals surface area contributed by atoms with Gasteiger partial charge in [0.05, 0.1) is 5.69 Å². The molecule has 0 spiro atoms. The summed E-state index contributed by atoms with van der Waals surface area (Å²) in [4.78, 5) is 16.6. The summed E-state index contributed by atoms with van der Waals surface area (Å²) < 4.78 is 20.8. The first-order valence-electron chi connectivity index (χ1n) is 9.32. The molecule has 27 heavy (non-hydrogen) atoms. The third-order valence-electron chi connectivity index (χ3n) is 4.88. The van der Waals surface area contributed by atoms with Crippen molar-refractivity contribution in [1.82, 2.24) is 14.9 Å². The molecule has 2 aromatic heterocycles. The monoisotopic (exact) mass is 367 g/mol. The zero-order chi connectivity index (χ0) is 18.6. The molecule has 4 rings (SSSR count). The number of pyridine rings is 1. The number of rotatable bonds is 6. The van der Waals surface area contributed by atoms with E-state index in [0.717, 1.165) is 41.6 Å². The van der Waals surface area contributed by atoms with Crippen LogP contribution in [0.2, 0.25) is 0 Å². The number of hydrogen-bond acceptors (Lipinski definition) is 3. The van der Waals surface area contributed by atoms with E-state index < -0.39 is 0 Å². The first-order chi connectivity index (χ1) is 13.2. The van der Waals surface area contributed by atoms with Gasteiger partial charge in [-0.25, -0.2) is 9.37 Å². The number of fused-ring (bicyclic) bond motifs is 1. The lowest BCUT2D eigenvalue weighted by atomic mass is 10.1. The van der Waals surface area contributed by atoms with Crippen molar-refractivity contribution in [1.29, 1.82) is 0 Å². The van der Waals surface area contributed by atoms with E-state index in [0.29, 0.717) is 19.7 Å². The molecule has 0 bridgehead atoms.